The Morgan fingerprint density at radius 3 is 2.67 bits per heavy atom. The SMILES string of the molecule is COc1c(Cl)ncnc1Sc1ccc(F)c(F)c1. The average Bonchev–Trinajstić information content (AvgIpc) is 2.34. The van der Waals surface area contributed by atoms with Crippen LogP contribution in [0.25, 0.3) is 0 Å². The molecule has 0 N–H and O–H groups in total. The third-order valence-electron chi connectivity index (χ3n) is 2.04. The summed E-state index contributed by atoms with van der Waals surface area (Å²) >= 11 is 6.94. The molecule has 0 amide bonds. The summed E-state index contributed by atoms with van der Waals surface area (Å²) in [7, 11) is 1.43. The van der Waals surface area contributed by atoms with Crippen LogP contribution in [0.1, 0.15) is 0 Å². The largest absolute Gasteiger partial charge is 0.491 e. The van der Waals surface area contributed by atoms with Crippen molar-refractivity contribution in [2.75, 3.05) is 7.11 Å². The molecule has 0 aliphatic carbocycles. The summed E-state index contributed by atoms with van der Waals surface area (Å²) in [5, 5.41) is 0.598. The minimum Gasteiger partial charge on any atom is -0.491 e. The van der Waals surface area contributed by atoms with Crippen LogP contribution in [0.2, 0.25) is 5.15 Å². The number of aromatic nitrogens is 2. The molecule has 0 saturated heterocycles. The molecule has 1 heterocycles. The molecule has 0 bridgehead atoms. The number of nitrogens with zero attached hydrogens (tertiary/aromatic N) is 2. The van der Waals surface area contributed by atoms with E-state index in [9.17, 15) is 8.78 Å². The number of benzene rings is 1. The Labute approximate surface area is 111 Å². The van der Waals surface area contributed by atoms with Gasteiger partial charge in [0.15, 0.2) is 22.5 Å². The van der Waals surface area contributed by atoms with Gasteiger partial charge in [-0.3, -0.25) is 0 Å². The fourth-order valence-corrected chi connectivity index (χ4v) is 2.39. The van der Waals surface area contributed by atoms with Gasteiger partial charge in [-0.15, -0.1) is 0 Å². The summed E-state index contributed by atoms with van der Waals surface area (Å²) in [6.45, 7) is 0. The van der Waals surface area contributed by atoms with Gasteiger partial charge >= 0.3 is 0 Å². The van der Waals surface area contributed by atoms with Crippen molar-refractivity contribution in [3.8, 4) is 5.75 Å². The van der Waals surface area contributed by atoms with Crippen molar-refractivity contribution in [3.05, 3.63) is 41.3 Å². The lowest BCUT2D eigenvalue weighted by molar-refractivity contribution is 0.398. The Kier molecular flexibility index (Phi) is 3.98. The first kappa shape index (κ1) is 13.0. The van der Waals surface area contributed by atoms with Crippen molar-refractivity contribution < 1.29 is 13.5 Å². The van der Waals surface area contributed by atoms with Crippen LogP contribution in [-0.4, -0.2) is 17.1 Å². The molecule has 0 saturated carbocycles. The highest BCUT2D eigenvalue weighted by atomic mass is 35.5. The maximum Gasteiger partial charge on any atom is 0.188 e. The first-order chi connectivity index (χ1) is 8.61. The lowest BCUT2D eigenvalue weighted by Crippen LogP contribution is -1.93. The first-order valence-electron chi connectivity index (χ1n) is 4.79. The van der Waals surface area contributed by atoms with E-state index in [0.717, 1.165) is 23.9 Å². The van der Waals surface area contributed by atoms with Gasteiger partial charge in [0, 0.05) is 4.90 Å². The maximum atomic E-state index is 13.1. The van der Waals surface area contributed by atoms with Crippen molar-refractivity contribution in [1.29, 1.82) is 0 Å². The Balaban J connectivity index is 2.34. The van der Waals surface area contributed by atoms with E-state index in [1.165, 1.54) is 19.5 Å². The van der Waals surface area contributed by atoms with Gasteiger partial charge in [0.1, 0.15) is 11.4 Å². The molecule has 2 aromatic rings. The molecule has 3 nitrogen and oxygen atoms in total. The van der Waals surface area contributed by atoms with Crippen molar-refractivity contribution in [1.82, 2.24) is 9.97 Å². The third-order valence-corrected chi connectivity index (χ3v) is 3.28. The minimum atomic E-state index is -0.917. The molecule has 1 aromatic heterocycles. The van der Waals surface area contributed by atoms with Gasteiger partial charge in [-0.05, 0) is 18.2 Å². The second kappa shape index (κ2) is 5.49. The topological polar surface area (TPSA) is 35.0 Å². The molecule has 94 valence electrons. The summed E-state index contributed by atoms with van der Waals surface area (Å²) in [5.74, 6) is -1.51. The van der Waals surface area contributed by atoms with Gasteiger partial charge in [-0.25, -0.2) is 18.7 Å². The number of hydrogen-bond donors (Lipinski definition) is 0. The Hall–Kier alpha value is -1.40. The number of rotatable bonds is 3. The minimum absolute atomic E-state index is 0.164. The number of ether oxygens (including phenoxy) is 1. The second-order valence-corrected chi connectivity index (χ2v) is 4.60. The molecule has 18 heavy (non-hydrogen) atoms. The van der Waals surface area contributed by atoms with E-state index in [1.807, 2.05) is 0 Å². The molecule has 0 fully saturated rings. The van der Waals surface area contributed by atoms with E-state index >= 15 is 0 Å². The van der Waals surface area contributed by atoms with Crippen molar-refractivity contribution in [2.45, 2.75) is 9.92 Å². The van der Waals surface area contributed by atoms with Crippen LogP contribution >= 0.6 is 23.4 Å². The van der Waals surface area contributed by atoms with Crippen LogP contribution < -0.4 is 4.74 Å². The summed E-state index contributed by atoms with van der Waals surface area (Å²) < 4.78 is 30.9. The van der Waals surface area contributed by atoms with Gasteiger partial charge in [0.25, 0.3) is 0 Å². The van der Waals surface area contributed by atoms with Crippen LogP contribution in [0, 0.1) is 11.6 Å². The highest BCUT2D eigenvalue weighted by molar-refractivity contribution is 7.99. The zero-order valence-corrected chi connectivity index (χ0v) is 10.7. The van der Waals surface area contributed by atoms with Gasteiger partial charge in [0.2, 0.25) is 0 Å². The molecule has 0 aliphatic heterocycles. The van der Waals surface area contributed by atoms with Crippen LogP contribution in [-0.2, 0) is 0 Å². The van der Waals surface area contributed by atoms with E-state index in [1.54, 1.807) is 0 Å². The maximum absolute atomic E-state index is 13.1. The molecule has 1 aromatic carbocycles. The van der Waals surface area contributed by atoms with Crippen molar-refractivity contribution in [2.24, 2.45) is 0 Å². The molecule has 7 heteroatoms. The average molecular weight is 289 g/mol. The molecule has 0 atom stereocenters. The van der Waals surface area contributed by atoms with E-state index in [-0.39, 0.29) is 5.15 Å². The zero-order valence-electron chi connectivity index (χ0n) is 9.15. The normalized spacial score (nSPS) is 10.4. The number of halogens is 3. The Bertz CT molecular complexity index is 583. The fourth-order valence-electron chi connectivity index (χ4n) is 1.23. The molecule has 0 radical (unpaired) electrons. The summed E-state index contributed by atoms with van der Waals surface area (Å²) in [6, 6.07) is 3.57. The summed E-state index contributed by atoms with van der Waals surface area (Å²) in [5.41, 5.74) is 0. The van der Waals surface area contributed by atoms with Crippen molar-refractivity contribution >= 4 is 23.4 Å². The van der Waals surface area contributed by atoms with Gasteiger partial charge < -0.3 is 4.74 Å². The van der Waals surface area contributed by atoms with Crippen LogP contribution in [0.15, 0.2) is 34.4 Å². The molecular formula is C11H7ClF2N2OS. The van der Waals surface area contributed by atoms with Crippen LogP contribution in [0.4, 0.5) is 8.78 Å². The predicted molar refractivity (Wildman–Crippen MR) is 64.1 cm³/mol. The van der Waals surface area contributed by atoms with Gasteiger partial charge in [-0.2, -0.15) is 0 Å². The lowest BCUT2D eigenvalue weighted by Gasteiger charge is -2.07. The highest BCUT2D eigenvalue weighted by Crippen LogP contribution is 2.36. The molecule has 0 spiro atoms. The third kappa shape index (κ3) is 2.70. The summed E-state index contributed by atoms with van der Waals surface area (Å²) in [6.07, 6.45) is 1.27. The highest BCUT2D eigenvalue weighted by Gasteiger charge is 2.12. The molecule has 0 unspecified atom stereocenters. The fraction of sp³-hybridized carbons (Fsp3) is 0.0909. The zero-order chi connectivity index (χ0) is 13.1. The number of hydrogen-bond acceptors (Lipinski definition) is 4. The van der Waals surface area contributed by atoms with Gasteiger partial charge in [-0.1, -0.05) is 23.4 Å². The molecular weight excluding hydrogens is 282 g/mol. The Morgan fingerprint density at radius 2 is 2.00 bits per heavy atom. The Morgan fingerprint density at radius 1 is 1.22 bits per heavy atom. The van der Waals surface area contributed by atoms with Crippen LogP contribution in [0.5, 0.6) is 5.75 Å². The smallest absolute Gasteiger partial charge is 0.188 e. The molecule has 0 aliphatic rings. The number of methoxy groups -OCH3 is 1. The van der Waals surface area contributed by atoms with Gasteiger partial charge in [0.05, 0.1) is 7.11 Å². The molecule has 2 rings (SSSR count). The first-order valence-corrected chi connectivity index (χ1v) is 5.98. The second-order valence-electron chi connectivity index (χ2n) is 3.18. The van der Waals surface area contributed by atoms with E-state index in [2.05, 4.69) is 9.97 Å². The van der Waals surface area contributed by atoms with Crippen LogP contribution in [0.3, 0.4) is 0 Å². The van der Waals surface area contributed by atoms with Crippen molar-refractivity contribution in [3.63, 3.8) is 0 Å². The summed E-state index contributed by atoms with van der Waals surface area (Å²) in [4.78, 5) is 8.24. The monoisotopic (exact) mass is 288 g/mol. The van der Waals surface area contributed by atoms with E-state index in [4.69, 9.17) is 16.3 Å². The lowest BCUT2D eigenvalue weighted by atomic mass is 10.3. The standard InChI is InChI=1S/C11H7ClF2N2OS/c1-17-9-10(12)15-5-16-11(9)18-6-2-3-7(13)8(14)4-6/h2-5H,1H3. The van der Waals surface area contributed by atoms with E-state index in [0.29, 0.717) is 15.7 Å². The van der Waals surface area contributed by atoms with E-state index < -0.39 is 11.6 Å². The predicted octanol–water partition coefficient (Wildman–Crippen LogP) is 3.57. The quantitative estimate of drug-likeness (QED) is 0.809.